The Bertz CT molecular complexity index is 754. The van der Waals surface area contributed by atoms with Crippen molar-refractivity contribution in [2.24, 2.45) is 0 Å². The van der Waals surface area contributed by atoms with Crippen LogP contribution >= 0.6 is 0 Å². The van der Waals surface area contributed by atoms with Crippen LogP contribution in [0.1, 0.15) is 47.1 Å². The van der Waals surface area contributed by atoms with Gasteiger partial charge in [0.15, 0.2) is 5.78 Å². The van der Waals surface area contributed by atoms with Gasteiger partial charge in [0.2, 0.25) is 5.95 Å². The first-order chi connectivity index (χ1) is 11.6. The quantitative estimate of drug-likeness (QED) is 0.625. The second kappa shape index (κ2) is 6.95. The highest BCUT2D eigenvalue weighted by Gasteiger charge is 2.16. The number of rotatable bonds is 5. The Labute approximate surface area is 142 Å². The van der Waals surface area contributed by atoms with Gasteiger partial charge in [-0.15, -0.1) is 0 Å². The molecule has 0 radical (unpaired) electrons. The van der Waals surface area contributed by atoms with Crippen LogP contribution in [0, 0.1) is 13.8 Å². The summed E-state index contributed by atoms with van der Waals surface area (Å²) < 4.78 is 1.85. The molecule has 2 aromatic rings. The van der Waals surface area contributed by atoms with E-state index in [4.69, 9.17) is 0 Å². The summed E-state index contributed by atoms with van der Waals surface area (Å²) in [5.74, 6) is 0.736. The molecule has 3 rings (SSSR count). The molecule has 6 heteroatoms. The van der Waals surface area contributed by atoms with E-state index in [1.54, 1.807) is 24.5 Å². The van der Waals surface area contributed by atoms with E-state index < -0.39 is 0 Å². The number of hydrogen-bond acceptors (Lipinski definition) is 5. The molecular formula is C18H23N5O. The summed E-state index contributed by atoms with van der Waals surface area (Å²) in [7, 11) is 0. The predicted octanol–water partition coefficient (Wildman–Crippen LogP) is 2.81. The summed E-state index contributed by atoms with van der Waals surface area (Å²) in [5.41, 5.74) is 3.18. The molecule has 126 valence electrons. The lowest BCUT2D eigenvalue weighted by molar-refractivity contribution is 0.104. The van der Waals surface area contributed by atoms with Gasteiger partial charge in [-0.05, 0) is 45.8 Å². The van der Waals surface area contributed by atoms with E-state index in [2.05, 4.69) is 20.0 Å². The first-order valence-electron chi connectivity index (χ1n) is 8.43. The molecular weight excluding hydrogens is 302 g/mol. The fraction of sp³-hybridized carbons (Fsp3) is 0.444. The minimum atomic E-state index is -0.0340. The van der Waals surface area contributed by atoms with E-state index in [1.807, 2.05) is 25.5 Å². The second-order valence-corrected chi connectivity index (χ2v) is 6.07. The van der Waals surface area contributed by atoms with Gasteiger partial charge in [-0.25, -0.2) is 9.97 Å². The summed E-state index contributed by atoms with van der Waals surface area (Å²) in [6.45, 7) is 8.62. The normalized spacial score (nSPS) is 14.7. The van der Waals surface area contributed by atoms with E-state index in [0.717, 1.165) is 42.5 Å². The number of ketones is 1. The Morgan fingerprint density at radius 2 is 1.88 bits per heavy atom. The first-order valence-corrected chi connectivity index (χ1v) is 8.43. The molecule has 1 aliphatic rings. The number of nitrogens with zero attached hydrogens (tertiary/aromatic N) is 5. The van der Waals surface area contributed by atoms with Gasteiger partial charge >= 0.3 is 0 Å². The Balaban J connectivity index is 1.73. The highest BCUT2D eigenvalue weighted by molar-refractivity contribution is 6.08. The van der Waals surface area contributed by atoms with Gasteiger partial charge in [0, 0.05) is 43.3 Å². The van der Waals surface area contributed by atoms with Crippen molar-refractivity contribution in [3.8, 4) is 0 Å². The third-order valence-corrected chi connectivity index (χ3v) is 4.40. The summed E-state index contributed by atoms with van der Waals surface area (Å²) in [4.78, 5) is 23.5. The van der Waals surface area contributed by atoms with Crippen LogP contribution in [0.4, 0.5) is 5.95 Å². The minimum Gasteiger partial charge on any atom is -0.341 e. The molecule has 0 saturated carbocycles. The molecule has 0 spiro atoms. The van der Waals surface area contributed by atoms with Crippen molar-refractivity contribution in [3.05, 3.63) is 41.0 Å². The highest BCUT2D eigenvalue weighted by atomic mass is 16.1. The molecule has 0 bridgehead atoms. The fourth-order valence-corrected chi connectivity index (χ4v) is 3.11. The van der Waals surface area contributed by atoms with E-state index in [9.17, 15) is 4.79 Å². The maximum absolute atomic E-state index is 12.5. The van der Waals surface area contributed by atoms with Crippen LogP contribution in [0.2, 0.25) is 0 Å². The zero-order valence-electron chi connectivity index (χ0n) is 14.5. The molecule has 0 unspecified atom stereocenters. The smallest absolute Gasteiger partial charge is 0.225 e. The van der Waals surface area contributed by atoms with Crippen molar-refractivity contribution in [1.82, 2.24) is 19.7 Å². The molecule has 2 aromatic heterocycles. The van der Waals surface area contributed by atoms with Gasteiger partial charge in [0.25, 0.3) is 0 Å². The standard InChI is InChI=1S/C18H23N5O/c1-4-23-14(3)17(13(2)21-23)16(24)8-7-15-11-19-18(20-12-15)22-9-5-6-10-22/h7-8,11-12H,4-6,9-10H2,1-3H3/b8-7+. The van der Waals surface area contributed by atoms with E-state index in [1.165, 1.54) is 12.8 Å². The molecule has 0 N–H and O–H groups in total. The minimum absolute atomic E-state index is 0.0340. The number of carbonyl (C=O) groups excluding carboxylic acids is 1. The first kappa shape index (κ1) is 16.4. The van der Waals surface area contributed by atoms with Gasteiger partial charge in [0.05, 0.1) is 11.3 Å². The van der Waals surface area contributed by atoms with Crippen molar-refractivity contribution >= 4 is 17.8 Å². The van der Waals surface area contributed by atoms with Gasteiger partial charge in [-0.2, -0.15) is 5.10 Å². The monoisotopic (exact) mass is 325 g/mol. The molecule has 6 nitrogen and oxygen atoms in total. The Morgan fingerprint density at radius 3 is 2.46 bits per heavy atom. The molecule has 0 atom stereocenters. The SMILES string of the molecule is CCn1nc(C)c(C(=O)/C=C/c2cnc(N3CCCC3)nc2)c1C. The number of carbonyl (C=O) groups is 1. The van der Waals surface area contributed by atoms with Gasteiger partial charge in [-0.3, -0.25) is 9.48 Å². The van der Waals surface area contributed by atoms with Crippen LogP contribution in [0.3, 0.4) is 0 Å². The van der Waals surface area contributed by atoms with Gasteiger partial charge < -0.3 is 4.90 Å². The average Bonchev–Trinajstić information content (AvgIpc) is 3.21. The van der Waals surface area contributed by atoms with Crippen LogP contribution in [0.5, 0.6) is 0 Å². The van der Waals surface area contributed by atoms with Crippen molar-refractivity contribution in [3.63, 3.8) is 0 Å². The molecule has 0 aromatic carbocycles. The fourth-order valence-electron chi connectivity index (χ4n) is 3.11. The maximum atomic E-state index is 12.5. The number of aromatic nitrogens is 4. The molecule has 0 aliphatic carbocycles. The Kier molecular flexibility index (Phi) is 4.74. The van der Waals surface area contributed by atoms with Crippen molar-refractivity contribution in [1.29, 1.82) is 0 Å². The zero-order valence-corrected chi connectivity index (χ0v) is 14.5. The van der Waals surface area contributed by atoms with E-state index in [0.29, 0.717) is 5.56 Å². The maximum Gasteiger partial charge on any atom is 0.225 e. The average molecular weight is 325 g/mol. The van der Waals surface area contributed by atoms with E-state index >= 15 is 0 Å². The van der Waals surface area contributed by atoms with Crippen molar-refractivity contribution < 1.29 is 4.79 Å². The molecule has 1 saturated heterocycles. The lowest BCUT2D eigenvalue weighted by Gasteiger charge is -2.14. The van der Waals surface area contributed by atoms with E-state index in [-0.39, 0.29) is 5.78 Å². The van der Waals surface area contributed by atoms with Crippen LogP contribution in [0.25, 0.3) is 6.08 Å². The van der Waals surface area contributed by atoms with Crippen LogP contribution in [-0.4, -0.2) is 38.6 Å². The van der Waals surface area contributed by atoms with Crippen LogP contribution in [0.15, 0.2) is 18.5 Å². The van der Waals surface area contributed by atoms with Gasteiger partial charge in [-0.1, -0.05) is 0 Å². The van der Waals surface area contributed by atoms with Crippen LogP contribution in [-0.2, 0) is 6.54 Å². The summed E-state index contributed by atoms with van der Waals surface area (Å²) >= 11 is 0. The molecule has 3 heterocycles. The van der Waals surface area contributed by atoms with Crippen LogP contribution < -0.4 is 4.90 Å². The second-order valence-electron chi connectivity index (χ2n) is 6.07. The third-order valence-electron chi connectivity index (χ3n) is 4.40. The molecule has 24 heavy (non-hydrogen) atoms. The summed E-state index contributed by atoms with van der Waals surface area (Å²) in [6.07, 6.45) is 9.26. The van der Waals surface area contributed by atoms with Crippen molar-refractivity contribution in [2.75, 3.05) is 18.0 Å². The van der Waals surface area contributed by atoms with Crippen molar-refractivity contribution in [2.45, 2.75) is 40.2 Å². The number of allylic oxidation sites excluding steroid dienone is 1. The molecule has 1 fully saturated rings. The number of hydrogen-bond donors (Lipinski definition) is 0. The Hall–Kier alpha value is -2.50. The topological polar surface area (TPSA) is 63.9 Å². The highest BCUT2D eigenvalue weighted by Crippen LogP contribution is 2.17. The van der Waals surface area contributed by atoms with Gasteiger partial charge in [0.1, 0.15) is 0 Å². The number of aryl methyl sites for hydroxylation is 2. The lowest BCUT2D eigenvalue weighted by Crippen LogP contribution is -2.20. The number of anilines is 1. The largest absolute Gasteiger partial charge is 0.341 e. The summed E-state index contributed by atoms with van der Waals surface area (Å²) in [6, 6.07) is 0. The third kappa shape index (κ3) is 3.22. The summed E-state index contributed by atoms with van der Waals surface area (Å²) in [5, 5.41) is 4.39. The molecule has 0 amide bonds. The predicted molar refractivity (Wildman–Crippen MR) is 94.2 cm³/mol. The lowest BCUT2D eigenvalue weighted by atomic mass is 10.1. The molecule has 1 aliphatic heterocycles. The zero-order chi connectivity index (χ0) is 17.1. The Morgan fingerprint density at radius 1 is 1.21 bits per heavy atom.